The number of thiazole rings is 1. The Bertz CT molecular complexity index is 738. The number of hydrogen-bond acceptors (Lipinski definition) is 4. The molecular weight excluding hydrogens is 272 g/mol. The quantitative estimate of drug-likeness (QED) is 0.803. The summed E-state index contributed by atoms with van der Waals surface area (Å²) < 4.78 is 33.7. The number of halogens is 2. The molecule has 3 aromatic rings. The van der Waals surface area contributed by atoms with Crippen LogP contribution in [0.2, 0.25) is 0 Å². The van der Waals surface area contributed by atoms with Gasteiger partial charge in [-0.2, -0.15) is 4.98 Å². The van der Waals surface area contributed by atoms with Crippen molar-refractivity contribution in [3.05, 3.63) is 47.1 Å². The van der Waals surface area contributed by atoms with Gasteiger partial charge in [0.1, 0.15) is 11.5 Å². The average molecular weight is 281 g/mol. The molecule has 0 atom stereocenters. The van der Waals surface area contributed by atoms with E-state index < -0.39 is 11.6 Å². The molecule has 0 radical (unpaired) electrons. The molecule has 0 saturated carbocycles. The third kappa shape index (κ3) is 2.06. The normalized spacial score (nSPS) is 11.1. The molecule has 19 heavy (non-hydrogen) atoms. The number of aromatic nitrogens is 2. The molecule has 0 aliphatic heterocycles. The van der Waals surface area contributed by atoms with Crippen LogP contribution in [0.1, 0.15) is 5.69 Å². The molecule has 0 unspecified atom stereocenters. The van der Waals surface area contributed by atoms with Crippen LogP contribution in [0.25, 0.3) is 4.96 Å². The molecule has 0 saturated heterocycles. The second-order valence-electron chi connectivity index (χ2n) is 3.80. The SMILES string of the molecule is NCc1c(Oc2cc(F)ccc2F)nc2sccn12. The molecule has 0 aliphatic rings. The Morgan fingerprint density at radius 1 is 1.37 bits per heavy atom. The van der Waals surface area contributed by atoms with Crippen LogP contribution in [0.4, 0.5) is 8.78 Å². The van der Waals surface area contributed by atoms with Gasteiger partial charge in [0.15, 0.2) is 16.5 Å². The zero-order valence-electron chi connectivity index (χ0n) is 9.64. The Balaban J connectivity index is 2.05. The summed E-state index contributed by atoms with van der Waals surface area (Å²) in [4.78, 5) is 4.89. The molecule has 2 N–H and O–H groups in total. The van der Waals surface area contributed by atoms with E-state index in [1.165, 1.54) is 11.3 Å². The smallest absolute Gasteiger partial charge is 0.243 e. The number of ether oxygens (including phenoxy) is 1. The number of fused-ring (bicyclic) bond motifs is 1. The van der Waals surface area contributed by atoms with E-state index in [2.05, 4.69) is 4.98 Å². The van der Waals surface area contributed by atoms with E-state index in [0.717, 1.165) is 18.2 Å². The summed E-state index contributed by atoms with van der Waals surface area (Å²) >= 11 is 1.40. The standard InChI is InChI=1S/C12H9F2N3OS/c13-7-1-2-8(14)10(5-7)18-11-9(6-15)17-3-4-19-12(17)16-11/h1-5H,6,15H2. The number of nitrogens with two attached hydrogens (primary N) is 1. The van der Waals surface area contributed by atoms with E-state index in [9.17, 15) is 8.78 Å². The van der Waals surface area contributed by atoms with Gasteiger partial charge in [0.05, 0.1) is 0 Å². The predicted octanol–water partition coefficient (Wildman–Crippen LogP) is 2.93. The molecule has 0 bridgehead atoms. The fourth-order valence-corrected chi connectivity index (χ4v) is 2.46. The summed E-state index contributed by atoms with van der Waals surface area (Å²) in [5.41, 5.74) is 6.25. The zero-order valence-corrected chi connectivity index (χ0v) is 10.5. The Morgan fingerprint density at radius 2 is 2.21 bits per heavy atom. The van der Waals surface area contributed by atoms with E-state index in [-0.39, 0.29) is 18.2 Å². The summed E-state index contributed by atoms with van der Waals surface area (Å²) in [6, 6.07) is 3.01. The van der Waals surface area contributed by atoms with Crippen molar-refractivity contribution in [3.63, 3.8) is 0 Å². The maximum absolute atomic E-state index is 13.5. The summed E-state index contributed by atoms with van der Waals surface area (Å²) in [7, 11) is 0. The summed E-state index contributed by atoms with van der Waals surface area (Å²) in [5, 5.41) is 1.86. The third-order valence-corrected chi connectivity index (χ3v) is 3.37. The van der Waals surface area contributed by atoms with Gasteiger partial charge in [0.25, 0.3) is 0 Å². The Hall–Kier alpha value is -1.99. The van der Waals surface area contributed by atoms with E-state index in [1.54, 1.807) is 10.6 Å². The summed E-state index contributed by atoms with van der Waals surface area (Å²) in [6.07, 6.45) is 1.80. The van der Waals surface area contributed by atoms with Crippen molar-refractivity contribution in [2.75, 3.05) is 0 Å². The first-order chi connectivity index (χ1) is 9.19. The van der Waals surface area contributed by atoms with Crippen LogP contribution in [-0.2, 0) is 6.54 Å². The fraction of sp³-hybridized carbons (Fsp3) is 0.0833. The van der Waals surface area contributed by atoms with Gasteiger partial charge in [-0.05, 0) is 12.1 Å². The summed E-state index contributed by atoms with van der Waals surface area (Å²) in [6.45, 7) is 0.185. The van der Waals surface area contributed by atoms with Gasteiger partial charge in [-0.1, -0.05) is 0 Å². The lowest BCUT2D eigenvalue weighted by Gasteiger charge is -2.05. The molecule has 2 aromatic heterocycles. The number of rotatable bonds is 3. The van der Waals surface area contributed by atoms with Gasteiger partial charge in [0.2, 0.25) is 5.88 Å². The molecule has 98 valence electrons. The predicted molar refractivity (Wildman–Crippen MR) is 67.4 cm³/mol. The van der Waals surface area contributed by atoms with Gasteiger partial charge in [-0.3, -0.25) is 4.40 Å². The van der Waals surface area contributed by atoms with E-state index >= 15 is 0 Å². The topological polar surface area (TPSA) is 52.5 Å². The van der Waals surface area contributed by atoms with E-state index in [0.29, 0.717) is 10.7 Å². The van der Waals surface area contributed by atoms with Crippen LogP contribution in [-0.4, -0.2) is 9.38 Å². The third-order valence-electron chi connectivity index (χ3n) is 2.62. The maximum atomic E-state index is 13.5. The Kier molecular flexibility index (Phi) is 2.92. The molecular formula is C12H9F2N3OS. The van der Waals surface area contributed by atoms with Crippen molar-refractivity contribution < 1.29 is 13.5 Å². The highest BCUT2D eigenvalue weighted by molar-refractivity contribution is 7.15. The number of hydrogen-bond donors (Lipinski definition) is 1. The molecule has 4 nitrogen and oxygen atoms in total. The van der Waals surface area contributed by atoms with Gasteiger partial charge >= 0.3 is 0 Å². The molecule has 1 aromatic carbocycles. The highest BCUT2D eigenvalue weighted by Crippen LogP contribution is 2.29. The van der Waals surface area contributed by atoms with Crippen LogP contribution in [0.3, 0.4) is 0 Å². The Morgan fingerprint density at radius 3 is 3.00 bits per heavy atom. The van der Waals surface area contributed by atoms with Crippen LogP contribution >= 0.6 is 11.3 Å². The lowest BCUT2D eigenvalue weighted by atomic mass is 10.3. The minimum Gasteiger partial charge on any atom is -0.434 e. The van der Waals surface area contributed by atoms with Crippen molar-refractivity contribution >= 4 is 16.3 Å². The molecule has 2 heterocycles. The molecule has 7 heteroatoms. The molecule has 3 rings (SSSR count). The first-order valence-corrected chi connectivity index (χ1v) is 6.34. The minimum atomic E-state index is -0.652. The largest absolute Gasteiger partial charge is 0.434 e. The number of nitrogens with zero attached hydrogens (tertiary/aromatic N) is 2. The summed E-state index contributed by atoms with van der Waals surface area (Å²) in [5.74, 6) is -1.24. The van der Waals surface area contributed by atoms with Gasteiger partial charge in [-0.25, -0.2) is 8.78 Å². The van der Waals surface area contributed by atoms with Crippen LogP contribution in [0.5, 0.6) is 11.6 Å². The maximum Gasteiger partial charge on any atom is 0.243 e. The Labute approximate surface area is 111 Å². The monoisotopic (exact) mass is 281 g/mol. The second-order valence-corrected chi connectivity index (χ2v) is 4.67. The number of imidazole rings is 1. The molecule has 0 amide bonds. The van der Waals surface area contributed by atoms with Crippen molar-refractivity contribution in [1.29, 1.82) is 0 Å². The average Bonchev–Trinajstić information content (AvgIpc) is 2.94. The van der Waals surface area contributed by atoms with Crippen molar-refractivity contribution in [2.45, 2.75) is 6.54 Å². The van der Waals surface area contributed by atoms with Crippen LogP contribution in [0.15, 0.2) is 29.8 Å². The van der Waals surface area contributed by atoms with Crippen molar-refractivity contribution in [3.8, 4) is 11.6 Å². The number of benzene rings is 1. The van der Waals surface area contributed by atoms with Gasteiger partial charge in [0, 0.05) is 24.2 Å². The molecule has 0 aliphatic carbocycles. The van der Waals surface area contributed by atoms with Crippen LogP contribution < -0.4 is 10.5 Å². The van der Waals surface area contributed by atoms with Crippen LogP contribution in [0, 0.1) is 11.6 Å². The van der Waals surface area contributed by atoms with Crippen molar-refractivity contribution in [2.24, 2.45) is 5.73 Å². The van der Waals surface area contributed by atoms with Gasteiger partial charge < -0.3 is 10.5 Å². The lowest BCUT2D eigenvalue weighted by molar-refractivity contribution is 0.420. The van der Waals surface area contributed by atoms with E-state index in [1.807, 2.05) is 5.38 Å². The fourth-order valence-electron chi connectivity index (χ4n) is 1.74. The first kappa shape index (κ1) is 12.1. The molecule has 0 spiro atoms. The zero-order chi connectivity index (χ0) is 13.4. The molecule has 0 fully saturated rings. The first-order valence-electron chi connectivity index (χ1n) is 5.46. The van der Waals surface area contributed by atoms with Gasteiger partial charge in [-0.15, -0.1) is 11.3 Å². The van der Waals surface area contributed by atoms with Crippen molar-refractivity contribution in [1.82, 2.24) is 9.38 Å². The van der Waals surface area contributed by atoms with E-state index in [4.69, 9.17) is 10.5 Å². The lowest BCUT2D eigenvalue weighted by Crippen LogP contribution is -2.02. The highest BCUT2D eigenvalue weighted by Gasteiger charge is 2.16. The minimum absolute atomic E-state index is 0.185. The second kappa shape index (κ2) is 4.60. The highest BCUT2D eigenvalue weighted by atomic mass is 32.1.